The lowest BCUT2D eigenvalue weighted by Crippen LogP contribution is -2.24. The summed E-state index contributed by atoms with van der Waals surface area (Å²) in [6, 6.07) is 6.41. The summed E-state index contributed by atoms with van der Waals surface area (Å²) in [5, 5.41) is 14.6. The first-order valence-electron chi connectivity index (χ1n) is 8.13. The first-order chi connectivity index (χ1) is 11.6. The molecule has 1 saturated heterocycles. The first-order valence-corrected chi connectivity index (χ1v) is 9.66. The summed E-state index contributed by atoms with van der Waals surface area (Å²) in [5.41, 5.74) is 3.52. The van der Waals surface area contributed by atoms with Gasteiger partial charge in [-0.25, -0.2) is 4.68 Å². The zero-order valence-corrected chi connectivity index (χ0v) is 15.2. The molecule has 24 heavy (non-hydrogen) atoms. The van der Waals surface area contributed by atoms with Crippen LogP contribution in [0.25, 0.3) is 0 Å². The van der Waals surface area contributed by atoms with Crippen molar-refractivity contribution in [3.05, 3.63) is 39.7 Å². The lowest BCUT2D eigenvalue weighted by Gasteiger charge is -2.25. The van der Waals surface area contributed by atoms with Gasteiger partial charge in [-0.3, -0.25) is 0 Å². The number of halogens is 1. The maximum atomic E-state index is 9.22. The SMILES string of the molecule is Cc1cc(Oc2c(C3CC3)nn(C3CSC3)c2Cl)cc(C)c1C#N. The van der Waals surface area contributed by atoms with E-state index in [2.05, 4.69) is 6.07 Å². The van der Waals surface area contributed by atoms with Gasteiger partial charge >= 0.3 is 0 Å². The molecule has 0 N–H and O–H groups in total. The Labute approximate surface area is 150 Å². The molecular formula is C18H18ClN3OS. The van der Waals surface area contributed by atoms with Gasteiger partial charge in [0.1, 0.15) is 11.4 Å². The summed E-state index contributed by atoms with van der Waals surface area (Å²) in [7, 11) is 0. The minimum absolute atomic E-state index is 0.377. The van der Waals surface area contributed by atoms with Gasteiger partial charge in [0.25, 0.3) is 0 Å². The molecule has 124 valence electrons. The third-order valence-corrected chi connectivity index (χ3v) is 6.19. The maximum absolute atomic E-state index is 9.22. The van der Waals surface area contributed by atoms with E-state index in [0.29, 0.717) is 28.4 Å². The minimum atomic E-state index is 0.377. The highest BCUT2D eigenvalue weighted by molar-refractivity contribution is 8.00. The lowest BCUT2D eigenvalue weighted by atomic mass is 10.0. The molecule has 0 radical (unpaired) electrons. The number of nitrogens with zero attached hydrogens (tertiary/aromatic N) is 3. The van der Waals surface area contributed by atoms with E-state index in [4.69, 9.17) is 21.4 Å². The molecule has 1 aromatic carbocycles. The fourth-order valence-corrected chi connectivity index (χ4v) is 4.06. The molecule has 2 aliphatic rings. The molecule has 0 spiro atoms. The number of nitriles is 1. The summed E-state index contributed by atoms with van der Waals surface area (Å²) in [6.07, 6.45) is 2.29. The van der Waals surface area contributed by atoms with E-state index in [9.17, 15) is 5.26 Å². The zero-order chi connectivity index (χ0) is 16.8. The van der Waals surface area contributed by atoms with Crippen molar-refractivity contribution in [1.29, 1.82) is 5.26 Å². The van der Waals surface area contributed by atoms with Gasteiger partial charge < -0.3 is 4.74 Å². The molecular weight excluding hydrogens is 342 g/mol. The second kappa shape index (κ2) is 6.02. The number of ether oxygens (including phenoxy) is 1. The van der Waals surface area contributed by atoms with Gasteiger partial charge in [0.05, 0.1) is 17.7 Å². The van der Waals surface area contributed by atoms with Crippen molar-refractivity contribution in [2.75, 3.05) is 11.5 Å². The van der Waals surface area contributed by atoms with Crippen LogP contribution < -0.4 is 4.74 Å². The molecule has 2 fully saturated rings. The Morgan fingerprint density at radius 3 is 2.46 bits per heavy atom. The fraction of sp³-hybridized carbons (Fsp3) is 0.444. The van der Waals surface area contributed by atoms with Crippen LogP contribution in [-0.4, -0.2) is 21.3 Å². The molecule has 0 unspecified atom stereocenters. The van der Waals surface area contributed by atoms with Crippen molar-refractivity contribution in [3.63, 3.8) is 0 Å². The van der Waals surface area contributed by atoms with Crippen LogP contribution in [-0.2, 0) is 0 Å². The Balaban J connectivity index is 1.71. The van der Waals surface area contributed by atoms with E-state index in [-0.39, 0.29) is 0 Å². The molecule has 6 heteroatoms. The van der Waals surface area contributed by atoms with E-state index in [1.165, 1.54) is 0 Å². The first kappa shape index (κ1) is 15.9. The average molecular weight is 360 g/mol. The van der Waals surface area contributed by atoms with Crippen molar-refractivity contribution >= 4 is 23.4 Å². The summed E-state index contributed by atoms with van der Waals surface area (Å²) in [5.74, 6) is 3.99. The molecule has 1 aromatic heterocycles. The van der Waals surface area contributed by atoms with Crippen LogP contribution in [0.1, 0.15) is 47.2 Å². The van der Waals surface area contributed by atoms with E-state index in [1.54, 1.807) is 0 Å². The van der Waals surface area contributed by atoms with E-state index in [0.717, 1.165) is 46.9 Å². The monoisotopic (exact) mass is 359 g/mol. The van der Waals surface area contributed by atoms with Gasteiger partial charge in [-0.1, -0.05) is 11.6 Å². The van der Waals surface area contributed by atoms with Gasteiger partial charge in [0.15, 0.2) is 10.9 Å². The van der Waals surface area contributed by atoms with Gasteiger partial charge in [0, 0.05) is 17.4 Å². The van der Waals surface area contributed by atoms with Gasteiger partial charge in [0.2, 0.25) is 0 Å². The number of hydrogen-bond donors (Lipinski definition) is 0. The number of hydrogen-bond acceptors (Lipinski definition) is 4. The zero-order valence-electron chi connectivity index (χ0n) is 13.7. The Morgan fingerprint density at radius 2 is 1.96 bits per heavy atom. The molecule has 0 amide bonds. The molecule has 4 nitrogen and oxygen atoms in total. The number of thioether (sulfide) groups is 1. The minimum Gasteiger partial charge on any atom is -0.452 e. The van der Waals surface area contributed by atoms with E-state index >= 15 is 0 Å². The largest absolute Gasteiger partial charge is 0.452 e. The third-order valence-electron chi connectivity index (χ3n) is 4.60. The highest BCUT2D eigenvalue weighted by Gasteiger charge is 2.35. The van der Waals surface area contributed by atoms with Gasteiger partial charge in [-0.2, -0.15) is 22.1 Å². The second-order valence-corrected chi connectivity index (χ2v) is 7.99. The topological polar surface area (TPSA) is 50.8 Å². The smallest absolute Gasteiger partial charge is 0.187 e. The standard InChI is InChI=1S/C18H18ClN3OS/c1-10-5-14(6-11(2)15(10)7-20)23-17-16(12-3-4-12)21-22(18(17)19)13-8-24-9-13/h5-6,12-13H,3-4,8-9H2,1-2H3. The Morgan fingerprint density at radius 1 is 1.29 bits per heavy atom. The number of benzene rings is 1. The summed E-state index contributed by atoms with van der Waals surface area (Å²) >= 11 is 8.52. The molecule has 2 heterocycles. The fourth-order valence-electron chi connectivity index (χ4n) is 3.02. The maximum Gasteiger partial charge on any atom is 0.187 e. The molecule has 2 aromatic rings. The summed E-state index contributed by atoms with van der Waals surface area (Å²) < 4.78 is 8.11. The quantitative estimate of drug-likeness (QED) is 0.772. The Kier molecular flexibility index (Phi) is 3.98. The van der Waals surface area contributed by atoms with Crippen LogP contribution >= 0.6 is 23.4 Å². The van der Waals surface area contributed by atoms with Crippen LogP contribution in [0.4, 0.5) is 0 Å². The normalized spacial score (nSPS) is 17.4. The molecule has 1 aliphatic heterocycles. The van der Waals surface area contributed by atoms with Crippen LogP contribution in [0.5, 0.6) is 11.5 Å². The molecule has 0 bridgehead atoms. The second-order valence-electron chi connectivity index (χ2n) is 6.56. The number of rotatable bonds is 4. The number of aryl methyl sites for hydroxylation is 2. The van der Waals surface area contributed by atoms with Gasteiger partial charge in [-0.05, 0) is 49.9 Å². The third kappa shape index (κ3) is 2.68. The molecule has 1 saturated carbocycles. The highest BCUT2D eigenvalue weighted by Crippen LogP contribution is 2.48. The Hall–Kier alpha value is -1.64. The van der Waals surface area contributed by atoms with Crippen LogP contribution in [0.3, 0.4) is 0 Å². The average Bonchev–Trinajstić information content (AvgIpc) is 3.27. The predicted octanol–water partition coefficient (Wildman–Crippen LogP) is 4.98. The summed E-state index contributed by atoms with van der Waals surface area (Å²) in [6.45, 7) is 3.85. The van der Waals surface area contributed by atoms with Crippen LogP contribution in [0.15, 0.2) is 12.1 Å². The van der Waals surface area contributed by atoms with Gasteiger partial charge in [-0.15, -0.1) is 0 Å². The predicted molar refractivity (Wildman–Crippen MR) is 96.3 cm³/mol. The van der Waals surface area contributed by atoms with E-state index in [1.807, 2.05) is 42.4 Å². The molecule has 0 atom stereocenters. The van der Waals surface area contributed by atoms with Crippen molar-refractivity contribution in [2.24, 2.45) is 0 Å². The lowest BCUT2D eigenvalue weighted by molar-refractivity contribution is 0.473. The number of aromatic nitrogens is 2. The summed E-state index contributed by atoms with van der Waals surface area (Å²) in [4.78, 5) is 0. The van der Waals surface area contributed by atoms with Crippen molar-refractivity contribution in [3.8, 4) is 17.6 Å². The Bertz CT molecular complexity index is 824. The van der Waals surface area contributed by atoms with Crippen molar-refractivity contribution in [1.82, 2.24) is 9.78 Å². The van der Waals surface area contributed by atoms with Crippen molar-refractivity contribution < 1.29 is 4.74 Å². The molecule has 4 rings (SSSR count). The van der Waals surface area contributed by atoms with Crippen LogP contribution in [0, 0.1) is 25.2 Å². The van der Waals surface area contributed by atoms with Crippen molar-refractivity contribution in [2.45, 2.75) is 38.6 Å². The van der Waals surface area contributed by atoms with Crippen LogP contribution in [0.2, 0.25) is 5.15 Å². The molecule has 1 aliphatic carbocycles. The highest BCUT2D eigenvalue weighted by atomic mass is 35.5. The van der Waals surface area contributed by atoms with E-state index < -0.39 is 0 Å².